The standard InChI is InChI=1S/C7H8N2O4S.Na/c8-3-5(11)9-4(7(12)13)2(10)1-14-6(3)9;/h3,6,10H,1,8H2,(H,12,13);/q;+1/p-1/t3-,6+;/m1./s1. The van der Waals surface area contributed by atoms with Crippen molar-refractivity contribution in [3.8, 4) is 0 Å². The maximum Gasteiger partial charge on any atom is 1.00 e. The Kier molecular flexibility index (Phi) is 3.72. The van der Waals surface area contributed by atoms with E-state index < -0.39 is 23.6 Å². The van der Waals surface area contributed by atoms with E-state index in [-0.39, 0.29) is 46.4 Å². The van der Waals surface area contributed by atoms with Crippen LogP contribution in [0.5, 0.6) is 0 Å². The molecule has 0 aromatic carbocycles. The average Bonchev–Trinajstić information content (AvgIpc) is 2.15. The first kappa shape index (κ1) is 12.9. The minimum atomic E-state index is -1.55. The molecule has 0 saturated carbocycles. The number of aliphatic hydroxyl groups excluding tert-OH is 1. The van der Waals surface area contributed by atoms with Gasteiger partial charge in [0.1, 0.15) is 22.9 Å². The second-order valence-corrected chi connectivity index (χ2v) is 4.12. The zero-order valence-electron chi connectivity index (χ0n) is 7.97. The van der Waals surface area contributed by atoms with E-state index in [1.807, 2.05) is 0 Å². The minimum absolute atomic E-state index is 0. The fraction of sp³-hybridized carbons (Fsp3) is 0.429. The largest absolute Gasteiger partial charge is 1.00 e. The summed E-state index contributed by atoms with van der Waals surface area (Å²) in [6.07, 6.45) is 0. The van der Waals surface area contributed by atoms with Crippen molar-refractivity contribution in [3.63, 3.8) is 0 Å². The number of aliphatic carboxylic acids is 1. The number of fused-ring (bicyclic) bond motifs is 1. The smallest absolute Gasteiger partial charge is 0.543 e. The molecular weight excluding hydrogens is 231 g/mol. The summed E-state index contributed by atoms with van der Waals surface area (Å²) in [5.41, 5.74) is 5.01. The van der Waals surface area contributed by atoms with Gasteiger partial charge in [0.2, 0.25) is 5.91 Å². The van der Waals surface area contributed by atoms with Crippen molar-refractivity contribution in [2.24, 2.45) is 5.73 Å². The maximum atomic E-state index is 11.2. The number of carbonyl (C=O) groups is 2. The van der Waals surface area contributed by atoms with Gasteiger partial charge < -0.3 is 20.7 Å². The molecule has 0 spiro atoms. The number of rotatable bonds is 1. The third kappa shape index (κ3) is 1.78. The topological polar surface area (TPSA) is 107 Å². The van der Waals surface area contributed by atoms with Gasteiger partial charge in [0, 0.05) is 0 Å². The molecule has 1 amide bonds. The molecule has 3 N–H and O–H groups in total. The van der Waals surface area contributed by atoms with Crippen LogP contribution in [0, 0.1) is 0 Å². The maximum absolute atomic E-state index is 11.2. The van der Waals surface area contributed by atoms with Crippen LogP contribution in [0.3, 0.4) is 0 Å². The summed E-state index contributed by atoms with van der Waals surface area (Å²) in [6.45, 7) is 0. The Morgan fingerprint density at radius 1 is 1.67 bits per heavy atom. The van der Waals surface area contributed by atoms with Gasteiger partial charge in [0.15, 0.2) is 0 Å². The Labute approximate surface area is 112 Å². The third-order valence-corrected chi connectivity index (χ3v) is 3.47. The van der Waals surface area contributed by atoms with Gasteiger partial charge in [-0.15, -0.1) is 11.8 Å². The van der Waals surface area contributed by atoms with Gasteiger partial charge in [-0.05, 0) is 0 Å². The molecule has 0 unspecified atom stereocenters. The molecule has 2 aliphatic heterocycles. The number of carbonyl (C=O) groups excluding carboxylic acids is 2. The first-order chi connectivity index (χ1) is 6.54. The predicted octanol–water partition coefficient (Wildman–Crippen LogP) is -5.25. The van der Waals surface area contributed by atoms with Gasteiger partial charge in [-0.3, -0.25) is 9.69 Å². The summed E-state index contributed by atoms with van der Waals surface area (Å²) in [5, 5.41) is 19.5. The van der Waals surface area contributed by atoms with Crippen molar-refractivity contribution in [1.29, 1.82) is 0 Å². The van der Waals surface area contributed by atoms with Crippen molar-refractivity contribution in [1.82, 2.24) is 4.90 Å². The summed E-state index contributed by atoms with van der Waals surface area (Å²) >= 11 is 1.24. The molecule has 0 aromatic rings. The van der Waals surface area contributed by atoms with Crippen LogP contribution in [0.25, 0.3) is 0 Å². The van der Waals surface area contributed by atoms with Gasteiger partial charge in [-0.25, -0.2) is 0 Å². The fourth-order valence-electron chi connectivity index (χ4n) is 1.49. The van der Waals surface area contributed by atoms with Crippen molar-refractivity contribution < 1.29 is 49.4 Å². The molecule has 2 heterocycles. The van der Waals surface area contributed by atoms with Crippen LogP contribution in [0.1, 0.15) is 0 Å². The van der Waals surface area contributed by atoms with Gasteiger partial charge in [0.25, 0.3) is 0 Å². The Hall–Kier alpha value is -0.210. The molecule has 8 heteroatoms. The summed E-state index contributed by atoms with van der Waals surface area (Å²) in [7, 11) is 0. The summed E-state index contributed by atoms with van der Waals surface area (Å²) in [4.78, 5) is 22.8. The van der Waals surface area contributed by atoms with Gasteiger partial charge in [0.05, 0.1) is 11.7 Å². The van der Waals surface area contributed by atoms with Crippen LogP contribution >= 0.6 is 11.8 Å². The molecular formula is C7H7N2NaO4S. The van der Waals surface area contributed by atoms with Gasteiger partial charge in [-0.2, -0.15) is 0 Å². The number of amides is 1. The summed E-state index contributed by atoms with van der Waals surface area (Å²) in [5.74, 6) is -2.24. The Balaban J connectivity index is 0.00000112. The van der Waals surface area contributed by atoms with Crippen molar-refractivity contribution >= 4 is 23.6 Å². The molecule has 1 saturated heterocycles. The number of carboxylic acids is 1. The Morgan fingerprint density at radius 3 is 2.80 bits per heavy atom. The SMILES string of the molecule is N[C@@H]1C(=O)N2C(C(=O)[O-])=C(O)CS[C@@H]12.[Na+]. The van der Waals surface area contributed by atoms with Crippen LogP contribution in [0.2, 0.25) is 0 Å². The first-order valence-corrected chi connectivity index (χ1v) is 4.92. The van der Waals surface area contributed by atoms with Gasteiger partial charge >= 0.3 is 29.6 Å². The number of β-lactam (4-membered cyclic amide) rings is 1. The van der Waals surface area contributed by atoms with Crippen LogP contribution in [-0.4, -0.2) is 39.1 Å². The van der Waals surface area contributed by atoms with E-state index in [1.165, 1.54) is 11.8 Å². The predicted molar refractivity (Wildman–Crippen MR) is 45.7 cm³/mol. The van der Waals surface area contributed by atoms with Crippen LogP contribution in [-0.2, 0) is 9.59 Å². The molecule has 76 valence electrons. The summed E-state index contributed by atoms with van der Waals surface area (Å²) in [6, 6.07) is -0.678. The molecule has 0 radical (unpaired) electrons. The average molecular weight is 238 g/mol. The van der Waals surface area contributed by atoms with Crippen molar-refractivity contribution in [2.75, 3.05) is 5.75 Å². The van der Waals surface area contributed by atoms with E-state index in [2.05, 4.69) is 0 Å². The zero-order chi connectivity index (χ0) is 10.5. The first-order valence-electron chi connectivity index (χ1n) is 3.87. The normalized spacial score (nSPS) is 29.1. The van der Waals surface area contributed by atoms with E-state index in [9.17, 15) is 19.8 Å². The van der Waals surface area contributed by atoms with E-state index in [0.717, 1.165) is 4.90 Å². The second-order valence-electron chi connectivity index (χ2n) is 3.02. The van der Waals surface area contributed by atoms with E-state index >= 15 is 0 Å². The molecule has 2 atom stereocenters. The number of aliphatic hydroxyl groups is 1. The molecule has 6 nitrogen and oxygen atoms in total. The number of nitrogens with two attached hydrogens (primary N) is 1. The number of nitrogens with zero attached hydrogens (tertiary/aromatic N) is 1. The molecule has 0 aliphatic carbocycles. The second kappa shape index (κ2) is 4.34. The van der Waals surface area contributed by atoms with Crippen LogP contribution in [0.4, 0.5) is 0 Å². The Bertz CT molecular complexity index is 359. The molecule has 1 fully saturated rings. The minimum Gasteiger partial charge on any atom is -0.543 e. The van der Waals surface area contributed by atoms with Crippen molar-refractivity contribution in [2.45, 2.75) is 11.4 Å². The van der Waals surface area contributed by atoms with Gasteiger partial charge in [-0.1, -0.05) is 0 Å². The van der Waals surface area contributed by atoms with E-state index in [4.69, 9.17) is 5.73 Å². The number of carboxylic acid groups (broad SMARTS) is 1. The van der Waals surface area contributed by atoms with E-state index in [1.54, 1.807) is 0 Å². The number of thioether (sulfide) groups is 1. The number of hydrogen-bond donors (Lipinski definition) is 2. The van der Waals surface area contributed by atoms with Crippen LogP contribution in [0.15, 0.2) is 11.5 Å². The summed E-state index contributed by atoms with van der Waals surface area (Å²) < 4.78 is 0. The van der Waals surface area contributed by atoms with E-state index in [0.29, 0.717) is 0 Å². The van der Waals surface area contributed by atoms with Crippen molar-refractivity contribution in [3.05, 3.63) is 11.5 Å². The molecule has 2 aliphatic rings. The monoisotopic (exact) mass is 238 g/mol. The fourth-order valence-corrected chi connectivity index (χ4v) is 2.64. The third-order valence-electron chi connectivity index (χ3n) is 2.18. The molecule has 2 rings (SSSR count). The Morgan fingerprint density at radius 2 is 2.27 bits per heavy atom. The molecule has 0 bridgehead atoms. The molecule has 0 aromatic heterocycles. The molecule has 15 heavy (non-hydrogen) atoms. The quantitative estimate of drug-likeness (QED) is 0.349. The number of hydrogen-bond acceptors (Lipinski definition) is 6. The zero-order valence-corrected chi connectivity index (χ0v) is 10.8. The van der Waals surface area contributed by atoms with Crippen LogP contribution < -0.4 is 40.4 Å².